The number of imidazole rings is 1. The molecule has 5 heteroatoms. The van der Waals surface area contributed by atoms with Crippen molar-refractivity contribution in [1.29, 1.82) is 0 Å². The Morgan fingerprint density at radius 3 is 3.08 bits per heavy atom. The van der Waals surface area contributed by atoms with E-state index in [9.17, 15) is 0 Å². The molecule has 1 aliphatic heterocycles. The summed E-state index contributed by atoms with van der Waals surface area (Å²) in [7, 11) is 1.58. The molecular formula is C21H17N3O2. The van der Waals surface area contributed by atoms with Crippen molar-refractivity contribution in [2.24, 2.45) is 5.16 Å². The lowest BCUT2D eigenvalue weighted by atomic mass is 9.96. The fraction of sp³-hybridized carbons (Fsp3) is 0.143. The molecule has 3 heterocycles. The number of oxime groups is 1. The van der Waals surface area contributed by atoms with Gasteiger partial charge in [0.15, 0.2) is 0 Å². The summed E-state index contributed by atoms with van der Waals surface area (Å²) in [5.41, 5.74) is 6.47. The Labute approximate surface area is 150 Å². The number of benzene rings is 2. The average Bonchev–Trinajstić information content (AvgIpc) is 3.38. The minimum absolute atomic E-state index is 0.151. The second kappa shape index (κ2) is 5.88. The van der Waals surface area contributed by atoms with Gasteiger partial charge in [-0.25, -0.2) is 4.98 Å². The molecule has 5 rings (SSSR count). The first kappa shape index (κ1) is 15.0. The monoisotopic (exact) mass is 343 g/mol. The highest BCUT2D eigenvalue weighted by Gasteiger charge is 2.29. The van der Waals surface area contributed by atoms with Crippen molar-refractivity contribution >= 4 is 16.7 Å². The zero-order valence-corrected chi connectivity index (χ0v) is 14.3. The summed E-state index contributed by atoms with van der Waals surface area (Å²) in [6, 6.07) is 16.7. The van der Waals surface area contributed by atoms with Crippen LogP contribution in [0, 0.1) is 0 Å². The Balaban J connectivity index is 1.57. The van der Waals surface area contributed by atoms with Crippen LogP contribution in [-0.2, 0) is 4.84 Å². The first-order valence-corrected chi connectivity index (χ1v) is 8.54. The Morgan fingerprint density at radius 2 is 2.15 bits per heavy atom. The van der Waals surface area contributed by atoms with E-state index in [1.54, 1.807) is 13.4 Å². The first-order valence-electron chi connectivity index (χ1n) is 8.54. The summed E-state index contributed by atoms with van der Waals surface area (Å²) in [6.45, 7) is 0. The van der Waals surface area contributed by atoms with E-state index in [2.05, 4.69) is 45.0 Å². The van der Waals surface area contributed by atoms with Gasteiger partial charge in [0.1, 0.15) is 12.7 Å². The predicted molar refractivity (Wildman–Crippen MR) is 100 cm³/mol. The van der Waals surface area contributed by atoms with Gasteiger partial charge in [0.2, 0.25) is 0 Å². The number of hydrogen-bond donors (Lipinski definition) is 0. The van der Waals surface area contributed by atoms with Gasteiger partial charge in [-0.1, -0.05) is 29.4 Å². The second-order valence-electron chi connectivity index (χ2n) is 6.39. The Morgan fingerprint density at radius 1 is 1.23 bits per heavy atom. The maximum Gasteiger partial charge on any atom is 0.133 e. The molecular weight excluding hydrogens is 326 g/mol. The molecule has 128 valence electrons. The molecule has 1 atom stereocenters. The normalized spacial score (nSPS) is 15.9. The summed E-state index contributed by atoms with van der Waals surface area (Å²) >= 11 is 0. The molecule has 1 aliphatic rings. The fourth-order valence-electron chi connectivity index (χ4n) is 3.79. The lowest BCUT2D eigenvalue weighted by molar-refractivity contribution is 0.212. The maximum atomic E-state index is 5.45. The van der Waals surface area contributed by atoms with Gasteiger partial charge in [0.25, 0.3) is 0 Å². The number of furan rings is 1. The van der Waals surface area contributed by atoms with Crippen LogP contribution in [0.1, 0.15) is 23.6 Å². The second-order valence-corrected chi connectivity index (χ2v) is 6.39. The van der Waals surface area contributed by atoms with E-state index < -0.39 is 0 Å². The molecule has 0 bridgehead atoms. The Bertz CT molecular complexity index is 1120. The van der Waals surface area contributed by atoms with Gasteiger partial charge in [0, 0.05) is 22.9 Å². The van der Waals surface area contributed by atoms with Crippen LogP contribution in [0.3, 0.4) is 0 Å². The number of rotatable bonds is 4. The lowest BCUT2D eigenvalue weighted by Gasteiger charge is -2.16. The van der Waals surface area contributed by atoms with E-state index in [1.165, 1.54) is 11.1 Å². The largest absolute Gasteiger partial charge is 0.464 e. The maximum absolute atomic E-state index is 5.45. The molecule has 0 saturated carbocycles. The van der Waals surface area contributed by atoms with Crippen molar-refractivity contribution in [2.75, 3.05) is 7.11 Å². The van der Waals surface area contributed by atoms with E-state index in [0.29, 0.717) is 0 Å². The van der Waals surface area contributed by atoms with Crippen molar-refractivity contribution in [3.05, 3.63) is 78.4 Å². The van der Waals surface area contributed by atoms with E-state index in [-0.39, 0.29) is 6.04 Å². The van der Waals surface area contributed by atoms with Gasteiger partial charge >= 0.3 is 0 Å². The molecule has 0 spiro atoms. The molecule has 0 radical (unpaired) electrons. The predicted octanol–water partition coefficient (Wildman–Crippen LogP) is 4.64. The third-order valence-electron chi connectivity index (χ3n) is 4.97. The van der Waals surface area contributed by atoms with Crippen LogP contribution >= 0.6 is 0 Å². The highest BCUT2D eigenvalue weighted by atomic mass is 16.6. The molecule has 0 fully saturated rings. The van der Waals surface area contributed by atoms with Gasteiger partial charge in [-0.15, -0.1) is 0 Å². The van der Waals surface area contributed by atoms with Crippen molar-refractivity contribution in [1.82, 2.24) is 9.55 Å². The minimum atomic E-state index is 0.151. The zero-order chi connectivity index (χ0) is 17.5. The van der Waals surface area contributed by atoms with Crippen LogP contribution in [0.25, 0.3) is 22.2 Å². The smallest absolute Gasteiger partial charge is 0.133 e. The van der Waals surface area contributed by atoms with Crippen LogP contribution in [0.4, 0.5) is 0 Å². The molecule has 5 nitrogen and oxygen atoms in total. The van der Waals surface area contributed by atoms with Crippen LogP contribution < -0.4 is 0 Å². The highest BCUT2D eigenvalue weighted by Crippen LogP contribution is 2.41. The van der Waals surface area contributed by atoms with Gasteiger partial charge in [0.05, 0.1) is 36.2 Å². The summed E-state index contributed by atoms with van der Waals surface area (Å²) in [4.78, 5) is 9.49. The third kappa shape index (κ3) is 2.24. The molecule has 0 saturated heterocycles. The third-order valence-corrected chi connectivity index (χ3v) is 4.97. The Hall–Kier alpha value is -3.34. The van der Waals surface area contributed by atoms with Crippen LogP contribution in [-0.4, -0.2) is 22.4 Å². The van der Waals surface area contributed by atoms with Crippen molar-refractivity contribution in [3.63, 3.8) is 0 Å². The topological polar surface area (TPSA) is 52.6 Å². The molecule has 0 amide bonds. The van der Waals surface area contributed by atoms with Crippen LogP contribution in [0.5, 0.6) is 0 Å². The molecule has 1 unspecified atom stereocenters. The SMILES string of the molecule is CO/N=C(/CC1c2ccccc2-c2cncn21)c1ccc2occc2c1. The van der Waals surface area contributed by atoms with E-state index in [0.717, 1.165) is 34.4 Å². The van der Waals surface area contributed by atoms with Gasteiger partial charge in [-0.2, -0.15) is 0 Å². The van der Waals surface area contributed by atoms with E-state index >= 15 is 0 Å². The van der Waals surface area contributed by atoms with Crippen molar-refractivity contribution in [2.45, 2.75) is 12.5 Å². The average molecular weight is 343 g/mol. The quantitative estimate of drug-likeness (QED) is 0.401. The highest BCUT2D eigenvalue weighted by molar-refractivity contribution is 6.03. The van der Waals surface area contributed by atoms with Gasteiger partial charge < -0.3 is 13.8 Å². The first-order chi connectivity index (χ1) is 12.8. The molecule has 0 aliphatic carbocycles. The van der Waals surface area contributed by atoms with Gasteiger partial charge in [-0.05, 0) is 29.8 Å². The fourth-order valence-corrected chi connectivity index (χ4v) is 3.79. The summed E-state index contributed by atoms with van der Waals surface area (Å²) in [6.07, 6.45) is 6.23. The molecule has 4 aromatic rings. The van der Waals surface area contributed by atoms with Crippen LogP contribution in [0.15, 0.2) is 76.9 Å². The zero-order valence-electron chi connectivity index (χ0n) is 14.3. The molecule has 26 heavy (non-hydrogen) atoms. The van der Waals surface area contributed by atoms with Crippen molar-refractivity contribution < 1.29 is 9.25 Å². The number of aromatic nitrogens is 2. The molecule has 2 aromatic carbocycles. The molecule has 0 N–H and O–H groups in total. The Kier molecular flexibility index (Phi) is 3.38. The lowest BCUT2D eigenvalue weighted by Crippen LogP contribution is -2.13. The summed E-state index contributed by atoms with van der Waals surface area (Å²) < 4.78 is 7.66. The number of fused-ring (bicyclic) bond motifs is 4. The number of hydrogen-bond acceptors (Lipinski definition) is 4. The summed E-state index contributed by atoms with van der Waals surface area (Å²) in [5, 5.41) is 5.39. The van der Waals surface area contributed by atoms with E-state index in [4.69, 9.17) is 9.25 Å². The van der Waals surface area contributed by atoms with Crippen LogP contribution in [0.2, 0.25) is 0 Å². The minimum Gasteiger partial charge on any atom is -0.464 e. The number of nitrogens with zero attached hydrogens (tertiary/aromatic N) is 3. The van der Waals surface area contributed by atoms with E-state index in [1.807, 2.05) is 30.7 Å². The summed E-state index contributed by atoms with van der Waals surface area (Å²) in [5.74, 6) is 0. The van der Waals surface area contributed by atoms with Crippen molar-refractivity contribution in [3.8, 4) is 11.3 Å². The van der Waals surface area contributed by atoms with Gasteiger partial charge in [-0.3, -0.25) is 0 Å². The standard InChI is InChI=1S/C21H17N3O2/c1-25-23-18(14-6-7-21-15(10-14)8-9-26-21)11-19-16-4-2-3-5-17(16)20-12-22-13-24(19)20/h2-10,12-13,19H,11H2,1H3/b23-18-. The molecule has 2 aromatic heterocycles.